The molecule has 0 unspecified atom stereocenters. The molecule has 0 N–H and O–H groups in total. The van der Waals surface area contributed by atoms with Crippen molar-refractivity contribution in [2.24, 2.45) is 0 Å². The van der Waals surface area contributed by atoms with E-state index in [9.17, 15) is 28.1 Å². The minimum Gasteiger partial charge on any atom is -0.337 e. The summed E-state index contributed by atoms with van der Waals surface area (Å²) in [4.78, 5) is 26.8. The third-order valence-corrected chi connectivity index (χ3v) is 5.80. The Kier molecular flexibility index (Phi) is 6.94. The van der Waals surface area contributed by atoms with E-state index in [1.54, 1.807) is 0 Å². The van der Waals surface area contributed by atoms with Gasteiger partial charge >= 0.3 is 5.69 Å². The standard InChI is InChI=1S/C22H24F3N3O3/c1-14-19(23)21(25)16(22(20(14)24)28(30)31)12-18(29)26(2)17(13-27-10-6-7-11-27)15-8-4-3-5-9-15/h3-5,8-9,17H,6-7,10-13H2,1-2H3/t17-/m1/s1. The predicted octanol–water partition coefficient (Wildman–Crippen LogP) is 4.16. The number of rotatable bonds is 7. The summed E-state index contributed by atoms with van der Waals surface area (Å²) >= 11 is 0. The van der Waals surface area contributed by atoms with Crippen LogP contribution in [0.2, 0.25) is 0 Å². The van der Waals surface area contributed by atoms with Crippen molar-refractivity contribution >= 4 is 11.6 Å². The van der Waals surface area contributed by atoms with Crippen molar-refractivity contribution in [3.05, 3.63) is 74.6 Å². The SMILES string of the molecule is Cc1c(F)c(F)c(CC(=O)N(C)[C@H](CN2CCCC2)c2ccccc2)c([N+](=O)[O-])c1F. The average molecular weight is 435 g/mol. The van der Waals surface area contributed by atoms with E-state index in [1.165, 1.54) is 11.9 Å². The van der Waals surface area contributed by atoms with E-state index in [2.05, 4.69) is 4.90 Å². The van der Waals surface area contributed by atoms with Crippen LogP contribution in [0.4, 0.5) is 18.9 Å². The highest BCUT2D eigenvalue weighted by Crippen LogP contribution is 2.32. The molecule has 1 amide bonds. The first-order valence-corrected chi connectivity index (χ1v) is 10.1. The van der Waals surface area contributed by atoms with Crippen LogP contribution in [0.1, 0.15) is 35.6 Å². The van der Waals surface area contributed by atoms with Crippen LogP contribution in [0.3, 0.4) is 0 Å². The summed E-state index contributed by atoms with van der Waals surface area (Å²) in [6.07, 6.45) is 1.28. The van der Waals surface area contributed by atoms with Crippen LogP contribution in [0, 0.1) is 34.5 Å². The van der Waals surface area contributed by atoms with E-state index in [1.807, 2.05) is 30.3 Å². The largest absolute Gasteiger partial charge is 0.337 e. The van der Waals surface area contributed by atoms with Crippen LogP contribution >= 0.6 is 0 Å². The van der Waals surface area contributed by atoms with Crippen molar-refractivity contribution in [3.8, 4) is 0 Å². The third-order valence-electron chi connectivity index (χ3n) is 5.80. The summed E-state index contributed by atoms with van der Waals surface area (Å²) in [7, 11) is 1.51. The number of likely N-dealkylation sites (tertiary alicyclic amines) is 1. The average Bonchev–Trinajstić information content (AvgIpc) is 3.27. The maximum absolute atomic E-state index is 14.5. The second-order valence-corrected chi connectivity index (χ2v) is 7.77. The minimum atomic E-state index is -1.57. The van der Waals surface area contributed by atoms with Gasteiger partial charge in [0.05, 0.1) is 22.9 Å². The van der Waals surface area contributed by atoms with Gasteiger partial charge in [-0.1, -0.05) is 30.3 Å². The molecule has 1 aliphatic heterocycles. The van der Waals surface area contributed by atoms with Gasteiger partial charge in [0.15, 0.2) is 11.6 Å². The summed E-state index contributed by atoms with van der Waals surface area (Å²) in [5, 5.41) is 11.3. The lowest BCUT2D eigenvalue weighted by molar-refractivity contribution is -0.388. The number of hydrogen-bond acceptors (Lipinski definition) is 4. The highest BCUT2D eigenvalue weighted by Gasteiger charge is 2.33. The Morgan fingerprint density at radius 3 is 2.32 bits per heavy atom. The lowest BCUT2D eigenvalue weighted by atomic mass is 10.0. The van der Waals surface area contributed by atoms with E-state index < -0.39 is 57.6 Å². The van der Waals surface area contributed by atoms with E-state index in [-0.39, 0.29) is 0 Å². The first-order valence-electron chi connectivity index (χ1n) is 10.1. The number of nitro benzene ring substituents is 1. The van der Waals surface area contributed by atoms with Gasteiger partial charge in [-0.3, -0.25) is 14.9 Å². The van der Waals surface area contributed by atoms with Crippen molar-refractivity contribution < 1.29 is 22.9 Å². The summed E-state index contributed by atoms with van der Waals surface area (Å²) in [5.74, 6) is -5.22. The zero-order valence-electron chi connectivity index (χ0n) is 17.4. The second kappa shape index (κ2) is 9.47. The van der Waals surface area contributed by atoms with Gasteiger partial charge in [-0.15, -0.1) is 0 Å². The van der Waals surface area contributed by atoms with Gasteiger partial charge in [-0.2, -0.15) is 4.39 Å². The van der Waals surface area contributed by atoms with Crippen molar-refractivity contribution in [3.63, 3.8) is 0 Å². The molecule has 1 atom stereocenters. The molecule has 166 valence electrons. The number of nitrogens with zero attached hydrogens (tertiary/aromatic N) is 3. The van der Waals surface area contributed by atoms with Gasteiger partial charge in [0.1, 0.15) is 0 Å². The number of carbonyl (C=O) groups is 1. The highest BCUT2D eigenvalue weighted by molar-refractivity contribution is 5.80. The van der Waals surface area contributed by atoms with Gasteiger partial charge < -0.3 is 9.80 Å². The Labute approximate surface area is 178 Å². The zero-order chi connectivity index (χ0) is 22.7. The fourth-order valence-corrected chi connectivity index (χ4v) is 3.95. The molecule has 1 heterocycles. The molecule has 1 aliphatic rings. The molecule has 2 aromatic rings. The predicted molar refractivity (Wildman–Crippen MR) is 109 cm³/mol. The van der Waals surface area contributed by atoms with Gasteiger partial charge in [-0.25, -0.2) is 8.78 Å². The lowest BCUT2D eigenvalue weighted by Gasteiger charge is -2.32. The van der Waals surface area contributed by atoms with Crippen LogP contribution in [0.25, 0.3) is 0 Å². The van der Waals surface area contributed by atoms with Crippen molar-refractivity contribution in [1.82, 2.24) is 9.80 Å². The molecule has 0 bridgehead atoms. The molecular weight excluding hydrogens is 411 g/mol. The number of likely N-dealkylation sites (N-methyl/N-ethyl adjacent to an activating group) is 1. The minimum absolute atomic E-state index is 0.394. The number of nitro groups is 1. The molecule has 31 heavy (non-hydrogen) atoms. The number of halogens is 3. The van der Waals surface area contributed by atoms with Crippen molar-refractivity contribution in [2.45, 2.75) is 32.2 Å². The molecule has 0 spiro atoms. The summed E-state index contributed by atoms with van der Waals surface area (Å²) in [6, 6.07) is 8.83. The Bertz CT molecular complexity index is 979. The first kappa shape index (κ1) is 22.7. The number of benzene rings is 2. The molecule has 0 saturated carbocycles. The molecular formula is C22H24F3N3O3. The fourth-order valence-electron chi connectivity index (χ4n) is 3.95. The Morgan fingerprint density at radius 2 is 1.74 bits per heavy atom. The molecule has 1 saturated heterocycles. The first-order chi connectivity index (χ1) is 14.7. The Balaban J connectivity index is 1.93. The van der Waals surface area contributed by atoms with E-state index >= 15 is 0 Å². The van der Waals surface area contributed by atoms with Crippen LogP contribution in [0.5, 0.6) is 0 Å². The Morgan fingerprint density at radius 1 is 1.13 bits per heavy atom. The van der Waals surface area contributed by atoms with Crippen molar-refractivity contribution in [1.29, 1.82) is 0 Å². The second-order valence-electron chi connectivity index (χ2n) is 7.77. The van der Waals surface area contributed by atoms with Crippen LogP contribution in [0.15, 0.2) is 30.3 Å². The van der Waals surface area contributed by atoms with Gasteiger partial charge in [0.25, 0.3) is 0 Å². The summed E-state index contributed by atoms with van der Waals surface area (Å²) in [5.41, 5.74) is -2.02. The molecule has 9 heteroatoms. The van der Waals surface area contributed by atoms with E-state index in [4.69, 9.17) is 0 Å². The van der Waals surface area contributed by atoms with Gasteiger partial charge in [-0.05, 0) is 38.4 Å². The summed E-state index contributed by atoms with van der Waals surface area (Å²) in [6.45, 7) is 3.23. The topological polar surface area (TPSA) is 66.7 Å². The van der Waals surface area contributed by atoms with E-state index in [0.29, 0.717) is 6.54 Å². The molecule has 6 nitrogen and oxygen atoms in total. The normalized spacial score (nSPS) is 15.1. The Hall–Kier alpha value is -2.94. The molecule has 1 fully saturated rings. The van der Waals surface area contributed by atoms with Crippen LogP contribution in [-0.2, 0) is 11.2 Å². The van der Waals surface area contributed by atoms with Gasteiger partial charge in [0, 0.05) is 19.2 Å². The molecule has 2 aromatic carbocycles. The lowest BCUT2D eigenvalue weighted by Crippen LogP contribution is -2.39. The number of hydrogen-bond donors (Lipinski definition) is 0. The third kappa shape index (κ3) is 4.71. The molecule has 0 aliphatic carbocycles. The molecule has 0 radical (unpaired) electrons. The molecule has 0 aromatic heterocycles. The van der Waals surface area contributed by atoms with Crippen LogP contribution in [-0.4, -0.2) is 47.3 Å². The fraction of sp³-hybridized carbons (Fsp3) is 0.409. The van der Waals surface area contributed by atoms with E-state index in [0.717, 1.165) is 38.4 Å². The number of carbonyl (C=O) groups excluding carboxylic acids is 1. The maximum atomic E-state index is 14.5. The van der Waals surface area contributed by atoms with Crippen molar-refractivity contribution in [2.75, 3.05) is 26.7 Å². The number of amides is 1. The quantitative estimate of drug-likeness (QED) is 0.372. The zero-order valence-corrected chi connectivity index (χ0v) is 17.4. The highest BCUT2D eigenvalue weighted by atomic mass is 19.2. The maximum Gasteiger partial charge on any atom is 0.311 e. The van der Waals surface area contributed by atoms with Crippen LogP contribution < -0.4 is 0 Å². The molecule has 3 rings (SSSR count). The monoisotopic (exact) mass is 435 g/mol. The summed E-state index contributed by atoms with van der Waals surface area (Å²) < 4.78 is 42.9. The van der Waals surface area contributed by atoms with Gasteiger partial charge in [0.2, 0.25) is 11.7 Å². The smallest absolute Gasteiger partial charge is 0.311 e.